The number of aromatic amines is 1. The molecule has 1 saturated heterocycles. The molecule has 2 N–H and O–H groups in total. The van der Waals surface area contributed by atoms with E-state index in [4.69, 9.17) is 0 Å². The average molecular weight is 372 g/mol. The van der Waals surface area contributed by atoms with Gasteiger partial charge in [-0.3, -0.25) is 14.7 Å². The number of hydrogen-bond acceptors (Lipinski definition) is 3. The first-order valence-electron chi connectivity index (χ1n) is 9.28. The second-order valence-electron chi connectivity index (χ2n) is 7.17. The molecule has 3 rings (SSSR count). The van der Waals surface area contributed by atoms with Crippen molar-refractivity contribution >= 4 is 11.8 Å². The highest BCUT2D eigenvalue weighted by Gasteiger charge is 2.27. The predicted octanol–water partition coefficient (Wildman–Crippen LogP) is 2.84. The number of benzene rings is 1. The summed E-state index contributed by atoms with van der Waals surface area (Å²) >= 11 is 0. The van der Waals surface area contributed by atoms with Crippen molar-refractivity contribution in [1.82, 2.24) is 20.4 Å². The lowest BCUT2D eigenvalue weighted by molar-refractivity contribution is -0.132. The normalized spacial score (nSPS) is 16.2. The third kappa shape index (κ3) is 4.72. The van der Waals surface area contributed by atoms with Gasteiger partial charge >= 0.3 is 0 Å². The summed E-state index contributed by atoms with van der Waals surface area (Å²) in [5, 5.41) is 9.97. The fraction of sp³-hybridized carbons (Fsp3) is 0.450. The third-order valence-electron chi connectivity index (χ3n) is 4.99. The van der Waals surface area contributed by atoms with Gasteiger partial charge < -0.3 is 10.2 Å². The molecule has 1 atom stereocenters. The summed E-state index contributed by atoms with van der Waals surface area (Å²) in [4.78, 5) is 25.4. The van der Waals surface area contributed by atoms with Crippen LogP contribution in [0.4, 0.5) is 4.39 Å². The molecule has 1 aliphatic heterocycles. The van der Waals surface area contributed by atoms with Crippen LogP contribution in [-0.4, -0.2) is 46.0 Å². The minimum atomic E-state index is -0.270. The quantitative estimate of drug-likeness (QED) is 0.847. The van der Waals surface area contributed by atoms with Gasteiger partial charge in [-0.05, 0) is 37.5 Å². The molecule has 2 aromatic rings. The van der Waals surface area contributed by atoms with Crippen LogP contribution in [0.15, 0.2) is 30.5 Å². The van der Waals surface area contributed by atoms with E-state index in [-0.39, 0.29) is 29.6 Å². The molecule has 7 heteroatoms. The first kappa shape index (κ1) is 19.1. The smallest absolute Gasteiger partial charge is 0.224 e. The molecule has 0 saturated carbocycles. The lowest BCUT2D eigenvalue weighted by Crippen LogP contribution is -2.42. The van der Waals surface area contributed by atoms with E-state index in [1.54, 1.807) is 12.3 Å². The van der Waals surface area contributed by atoms with Crippen molar-refractivity contribution in [2.75, 3.05) is 13.1 Å². The molecule has 1 aromatic carbocycles. The molecule has 0 unspecified atom stereocenters. The van der Waals surface area contributed by atoms with Crippen LogP contribution in [-0.2, 0) is 9.59 Å². The first-order chi connectivity index (χ1) is 12.9. The highest BCUT2D eigenvalue weighted by molar-refractivity contribution is 5.79. The van der Waals surface area contributed by atoms with Gasteiger partial charge in [0, 0.05) is 49.7 Å². The maximum atomic E-state index is 13.6. The van der Waals surface area contributed by atoms with Crippen LogP contribution < -0.4 is 5.32 Å². The van der Waals surface area contributed by atoms with Crippen LogP contribution in [0, 0.1) is 5.82 Å². The zero-order chi connectivity index (χ0) is 19.4. The van der Waals surface area contributed by atoms with Crippen LogP contribution in [0.3, 0.4) is 0 Å². The third-order valence-corrected chi connectivity index (χ3v) is 4.99. The summed E-state index contributed by atoms with van der Waals surface area (Å²) in [6.45, 7) is 4.62. The Labute approximate surface area is 158 Å². The van der Waals surface area contributed by atoms with Gasteiger partial charge in [0.1, 0.15) is 5.82 Å². The fourth-order valence-corrected chi connectivity index (χ4v) is 3.70. The Bertz CT molecular complexity index is 812. The van der Waals surface area contributed by atoms with E-state index in [0.717, 1.165) is 29.7 Å². The summed E-state index contributed by atoms with van der Waals surface area (Å²) in [5.41, 5.74) is 2.72. The maximum absolute atomic E-state index is 13.6. The minimum absolute atomic E-state index is 0.0599. The Morgan fingerprint density at radius 3 is 2.78 bits per heavy atom. The van der Waals surface area contributed by atoms with E-state index in [1.165, 1.54) is 19.1 Å². The number of rotatable bonds is 5. The summed E-state index contributed by atoms with van der Waals surface area (Å²) in [6, 6.07) is 6.34. The fourth-order valence-electron chi connectivity index (χ4n) is 3.70. The van der Waals surface area contributed by atoms with Crippen molar-refractivity contribution in [3.8, 4) is 11.1 Å². The monoisotopic (exact) mass is 372 g/mol. The first-order valence-corrected chi connectivity index (χ1v) is 9.28. The topological polar surface area (TPSA) is 78.1 Å². The molecule has 0 spiro atoms. The molecular weight excluding hydrogens is 347 g/mol. The number of piperidine rings is 1. The number of likely N-dealkylation sites (tertiary alicyclic amines) is 1. The molecule has 6 nitrogen and oxygen atoms in total. The van der Waals surface area contributed by atoms with Crippen LogP contribution in [0.25, 0.3) is 11.1 Å². The number of carbonyl (C=O) groups excluding carboxylic acids is 2. The Kier molecular flexibility index (Phi) is 5.88. The lowest BCUT2D eigenvalue weighted by Gasteiger charge is -2.32. The van der Waals surface area contributed by atoms with Gasteiger partial charge in [-0.15, -0.1) is 0 Å². The van der Waals surface area contributed by atoms with Gasteiger partial charge in [-0.1, -0.05) is 12.1 Å². The van der Waals surface area contributed by atoms with Crippen molar-refractivity contribution < 1.29 is 14.0 Å². The lowest BCUT2D eigenvalue weighted by atomic mass is 9.89. The van der Waals surface area contributed by atoms with Crippen LogP contribution in [0.2, 0.25) is 0 Å². The van der Waals surface area contributed by atoms with Gasteiger partial charge in [-0.2, -0.15) is 5.10 Å². The van der Waals surface area contributed by atoms with Crippen LogP contribution >= 0.6 is 0 Å². The van der Waals surface area contributed by atoms with Crippen molar-refractivity contribution in [3.63, 3.8) is 0 Å². The van der Waals surface area contributed by atoms with Gasteiger partial charge in [0.05, 0.1) is 6.20 Å². The van der Waals surface area contributed by atoms with E-state index in [1.807, 2.05) is 17.9 Å². The standard InChI is InChI=1S/C20H25FN4O2/c1-13(23-14(2)26)10-19(27)25-8-6-15(7-9-25)20-18(12-22-24-20)16-4-3-5-17(21)11-16/h3-5,11-13,15H,6-10H2,1-2H3,(H,22,24)(H,23,26)/t13-/m1/s1. The molecule has 2 heterocycles. The molecule has 1 aliphatic rings. The second kappa shape index (κ2) is 8.33. The van der Waals surface area contributed by atoms with E-state index < -0.39 is 0 Å². The Morgan fingerprint density at radius 2 is 2.11 bits per heavy atom. The molecule has 1 aromatic heterocycles. The number of halogens is 1. The molecular formula is C20H25FN4O2. The van der Waals surface area contributed by atoms with Gasteiger partial charge in [0.15, 0.2) is 0 Å². The van der Waals surface area contributed by atoms with E-state index >= 15 is 0 Å². The van der Waals surface area contributed by atoms with Crippen LogP contribution in [0.1, 0.15) is 44.7 Å². The molecule has 2 amide bonds. The summed E-state index contributed by atoms with van der Waals surface area (Å²) < 4.78 is 13.6. The van der Waals surface area contributed by atoms with Gasteiger partial charge in [0.25, 0.3) is 0 Å². The Balaban J connectivity index is 1.61. The largest absolute Gasteiger partial charge is 0.353 e. The van der Waals surface area contributed by atoms with Crippen molar-refractivity contribution in [3.05, 3.63) is 42.0 Å². The van der Waals surface area contributed by atoms with Gasteiger partial charge in [-0.25, -0.2) is 4.39 Å². The minimum Gasteiger partial charge on any atom is -0.353 e. The predicted molar refractivity (Wildman–Crippen MR) is 100 cm³/mol. The van der Waals surface area contributed by atoms with E-state index in [9.17, 15) is 14.0 Å². The summed E-state index contributed by atoms with van der Waals surface area (Å²) in [5.74, 6) is -0.0845. The van der Waals surface area contributed by atoms with E-state index in [2.05, 4.69) is 15.5 Å². The number of hydrogen-bond donors (Lipinski definition) is 2. The number of nitrogens with zero attached hydrogens (tertiary/aromatic N) is 2. The molecule has 0 bridgehead atoms. The molecule has 0 radical (unpaired) electrons. The zero-order valence-corrected chi connectivity index (χ0v) is 15.7. The Hall–Kier alpha value is -2.70. The summed E-state index contributed by atoms with van der Waals surface area (Å²) in [6.07, 6.45) is 3.69. The number of aromatic nitrogens is 2. The zero-order valence-electron chi connectivity index (χ0n) is 15.7. The maximum Gasteiger partial charge on any atom is 0.224 e. The van der Waals surface area contributed by atoms with Crippen molar-refractivity contribution in [2.24, 2.45) is 0 Å². The Morgan fingerprint density at radius 1 is 1.37 bits per heavy atom. The van der Waals surface area contributed by atoms with Crippen LogP contribution in [0.5, 0.6) is 0 Å². The number of H-pyrrole nitrogens is 1. The second-order valence-corrected chi connectivity index (χ2v) is 7.17. The number of carbonyl (C=O) groups is 2. The molecule has 0 aliphatic carbocycles. The van der Waals surface area contributed by atoms with E-state index in [0.29, 0.717) is 19.5 Å². The molecule has 144 valence electrons. The average Bonchev–Trinajstić information content (AvgIpc) is 3.11. The molecule has 1 fully saturated rings. The molecule has 27 heavy (non-hydrogen) atoms. The number of nitrogens with one attached hydrogen (secondary N) is 2. The van der Waals surface area contributed by atoms with Crippen molar-refractivity contribution in [2.45, 2.75) is 45.1 Å². The number of amides is 2. The SMILES string of the molecule is CC(=O)N[C@H](C)CC(=O)N1CCC(c2[nH]ncc2-c2cccc(F)c2)CC1. The highest BCUT2D eigenvalue weighted by atomic mass is 19.1. The highest BCUT2D eigenvalue weighted by Crippen LogP contribution is 2.34. The van der Waals surface area contributed by atoms with Gasteiger partial charge in [0.2, 0.25) is 11.8 Å². The summed E-state index contributed by atoms with van der Waals surface area (Å²) in [7, 11) is 0. The van der Waals surface area contributed by atoms with Crippen molar-refractivity contribution in [1.29, 1.82) is 0 Å².